The fourth-order valence-electron chi connectivity index (χ4n) is 5.33. The molecule has 172 valence electrons. The van der Waals surface area contributed by atoms with Crippen LogP contribution in [-0.4, -0.2) is 73.9 Å². The summed E-state index contributed by atoms with van der Waals surface area (Å²) in [4.78, 5) is 38.4. The maximum absolute atomic E-state index is 13.5. The van der Waals surface area contributed by atoms with E-state index in [4.69, 9.17) is 5.73 Å². The summed E-state index contributed by atoms with van der Waals surface area (Å²) in [5.41, 5.74) is 2.12. The number of nitrogens with two attached hydrogens (primary N) is 1. The summed E-state index contributed by atoms with van der Waals surface area (Å²) in [6.45, 7) is 3.90. The van der Waals surface area contributed by atoms with Crippen LogP contribution in [0.4, 0.5) is 0 Å². The normalized spacial score (nSPS) is 36.1. The van der Waals surface area contributed by atoms with Gasteiger partial charge < -0.3 is 36.6 Å². The van der Waals surface area contributed by atoms with E-state index in [1.54, 1.807) is 0 Å². The third-order valence-corrected chi connectivity index (χ3v) is 6.74. The Labute approximate surface area is 183 Å². The van der Waals surface area contributed by atoms with Crippen LogP contribution >= 0.6 is 0 Å². The molecule has 2 saturated carbocycles. The van der Waals surface area contributed by atoms with Crippen LogP contribution in [0.2, 0.25) is 0 Å². The molecule has 0 bridgehead atoms. The Bertz CT molecular complexity index is 1080. The Hall–Kier alpha value is -3.05. The van der Waals surface area contributed by atoms with E-state index in [-0.39, 0.29) is 29.9 Å². The number of nitrogens with one attached hydrogen (secondary N) is 1. The Morgan fingerprint density at radius 3 is 2.38 bits per heavy atom. The van der Waals surface area contributed by atoms with Crippen LogP contribution in [0.15, 0.2) is 30.4 Å². The molecule has 3 aliphatic carbocycles. The van der Waals surface area contributed by atoms with Crippen LogP contribution in [0.1, 0.15) is 18.6 Å². The first-order valence-corrected chi connectivity index (χ1v) is 9.58. The molecule has 7 atom stereocenters. The van der Waals surface area contributed by atoms with Crippen LogP contribution in [0.25, 0.3) is 11.3 Å². The van der Waals surface area contributed by atoms with E-state index >= 15 is 0 Å². The van der Waals surface area contributed by atoms with Crippen LogP contribution in [-0.2, 0) is 14.4 Å². The van der Waals surface area contributed by atoms with Crippen molar-refractivity contribution < 1.29 is 39.9 Å². The zero-order valence-electron chi connectivity index (χ0n) is 16.4. The van der Waals surface area contributed by atoms with Crippen LogP contribution in [0.3, 0.4) is 0 Å². The van der Waals surface area contributed by atoms with Gasteiger partial charge in [-0.15, -0.1) is 0 Å². The van der Waals surface area contributed by atoms with Gasteiger partial charge in [-0.3, -0.25) is 14.4 Å². The number of aliphatic hydroxyl groups excluding tert-OH is 3. The second kappa shape index (κ2) is 7.52. The number of phenols is 1. The number of hydrogen-bond acceptors (Lipinski definition) is 9. The molecule has 0 saturated heterocycles. The van der Waals surface area contributed by atoms with Crippen molar-refractivity contribution in [1.82, 2.24) is 5.32 Å². The molecule has 1 amide bonds. The Morgan fingerprint density at radius 1 is 1.19 bits per heavy atom. The van der Waals surface area contributed by atoms with Crippen LogP contribution < -0.4 is 11.1 Å². The number of carbonyl (C=O) groups is 3. The molecule has 0 aromatic heterocycles. The molecular weight excluding hydrogens is 420 g/mol. The Kier molecular flexibility index (Phi) is 5.55. The summed E-state index contributed by atoms with van der Waals surface area (Å²) in [7, 11) is 1.37. The second-order valence-corrected chi connectivity index (χ2v) is 8.13. The first-order chi connectivity index (χ1) is 14.5. The molecule has 1 aromatic rings. The average Bonchev–Trinajstić information content (AvgIpc) is 2.70. The highest BCUT2D eigenvalue weighted by Gasteiger charge is 2.70. The van der Waals surface area contributed by atoms with Gasteiger partial charge in [-0.05, 0) is 24.3 Å². The molecule has 8 N–H and O–H groups in total. The molecule has 3 aliphatic rings. The monoisotopic (exact) mass is 446 g/mol. The van der Waals surface area contributed by atoms with Crippen molar-refractivity contribution in [3.8, 4) is 5.75 Å². The number of aromatic hydroxyl groups is 1. The molecular formula is C22H26N2O8. The van der Waals surface area contributed by atoms with E-state index in [2.05, 4.69) is 11.9 Å². The summed E-state index contributed by atoms with van der Waals surface area (Å²) >= 11 is 0. The van der Waals surface area contributed by atoms with E-state index in [1.165, 1.54) is 25.2 Å². The summed E-state index contributed by atoms with van der Waals surface area (Å²) in [5.74, 6) is -9.65. The van der Waals surface area contributed by atoms with Crippen molar-refractivity contribution in [2.24, 2.45) is 23.5 Å². The number of ketones is 2. The second-order valence-electron chi connectivity index (χ2n) is 8.13. The van der Waals surface area contributed by atoms with Gasteiger partial charge in [-0.2, -0.15) is 0 Å². The molecule has 0 radical (unpaired) electrons. The number of hydrogen-bond donors (Lipinski definition) is 7. The van der Waals surface area contributed by atoms with Gasteiger partial charge in [0.05, 0.1) is 23.3 Å². The Morgan fingerprint density at radius 2 is 1.81 bits per heavy atom. The van der Waals surface area contributed by atoms with E-state index in [0.29, 0.717) is 0 Å². The van der Waals surface area contributed by atoms with E-state index in [1.807, 2.05) is 0 Å². The van der Waals surface area contributed by atoms with E-state index < -0.39 is 70.4 Å². The lowest BCUT2D eigenvalue weighted by molar-refractivity contribution is -0.189. The minimum atomic E-state index is -2.95. The highest BCUT2D eigenvalue weighted by atomic mass is 16.3. The van der Waals surface area contributed by atoms with Crippen molar-refractivity contribution in [2.45, 2.75) is 31.3 Å². The number of rotatable bonds is 2. The molecule has 1 aromatic carbocycles. The van der Waals surface area contributed by atoms with Gasteiger partial charge in [0.2, 0.25) is 11.7 Å². The van der Waals surface area contributed by atoms with Gasteiger partial charge in [0, 0.05) is 17.9 Å². The third kappa shape index (κ3) is 2.64. The fraction of sp³-hybridized carbons (Fsp3) is 0.409. The molecule has 0 spiro atoms. The molecule has 4 rings (SSSR count). The number of Topliss-reactive ketones (excluding diaryl/α,β-unsaturated/α-hetero) is 2. The summed E-state index contributed by atoms with van der Waals surface area (Å²) in [5, 5.41) is 56.9. The van der Waals surface area contributed by atoms with Crippen molar-refractivity contribution >= 4 is 28.8 Å². The maximum Gasteiger partial charge on any atom is 0.230 e. The molecule has 32 heavy (non-hydrogen) atoms. The molecule has 7 unspecified atom stereocenters. The number of amides is 1. The van der Waals surface area contributed by atoms with E-state index in [0.717, 1.165) is 0 Å². The van der Waals surface area contributed by atoms with Crippen molar-refractivity contribution in [3.05, 3.63) is 41.5 Å². The topological polar surface area (TPSA) is 190 Å². The van der Waals surface area contributed by atoms with Crippen LogP contribution in [0.5, 0.6) is 5.75 Å². The zero-order valence-corrected chi connectivity index (χ0v) is 16.4. The van der Waals surface area contributed by atoms with Gasteiger partial charge in [0.15, 0.2) is 11.4 Å². The molecule has 10 nitrogen and oxygen atoms in total. The third-order valence-electron chi connectivity index (χ3n) is 6.74. The van der Waals surface area contributed by atoms with Crippen LogP contribution in [0, 0.1) is 17.8 Å². The predicted octanol–water partition coefficient (Wildman–Crippen LogP) is -1.14. The average molecular weight is 446 g/mol. The highest BCUT2D eigenvalue weighted by molar-refractivity contribution is 6.26. The van der Waals surface area contributed by atoms with Crippen molar-refractivity contribution in [2.75, 3.05) is 7.05 Å². The maximum atomic E-state index is 13.5. The summed E-state index contributed by atoms with van der Waals surface area (Å²) in [6.07, 6.45) is -3.37. The lowest BCUT2D eigenvalue weighted by atomic mass is 9.53. The van der Waals surface area contributed by atoms with E-state index in [9.17, 15) is 39.9 Å². The fourth-order valence-corrected chi connectivity index (χ4v) is 5.33. The first kappa shape index (κ1) is 23.6. The van der Waals surface area contributed by atoms with Gasteiger partial charge in [-0.25, -0.2) is 0 Å². The molecule has 0 aliphatic heterocycles. The minimum absolute atomic E-state index is 0. The highest BCUT2D eigenvalue weighted by Crippen LogP contribution is 2.54. The largest absolute Gasteiger partial charge is 0.507 e. The number of carbonyl (C=O) groups excluding carboxylic acids is 3. The molecule has 2 fully saturated rings. The summed E-state index contributed by atoms with van der Waals surface area (Å²) in [6, 6.07) is 3.03. The number of aliphatic hydroxyl groups is 4. The SMILES string of the molecule is C.C=C1c2cccc(O)c2C(O)=C2C(=O)C3(O)C(=O)C(C(N)=O)C(O)C(NC)C3C(O)C12. The number of fused-ring (bicyclic) bond motifs is 3. The molecule has 0 heterocycles. The quantitative estimate of drug-likeness (QED) is 0.275. The number of phenolic OH excluding ortho intramolecular Hbond substituents is 1. The minimum Gasteiger partial charge on any atom is -0.507 e. The lowest BCUT2D eigenvalue weighted by Gasteiger charge is -2.54. The molecule has 10 heteroatoms. The van der Waals surface area contributed by atoms with Crippen molar-refractivity contribution in [3.63, 3.8) is 0 Å². The standard InChI is InChI=1S/C21H22N2O8.CH4/c1-6-7-4-3-5-8(24)10(7)15(25)11-9(6)16(26)13-14(23-2)17(27)12(20(22)30)19(29)21(13,31)18(11)28;/h3-5,9,12-14,16-17,23-27,31H,1H2,2H3,(H2,22,30);1H4. The van der Waals surface area contributed by atoms with Gasteiger partial charge in [0.1, 0.15) is 17.4 Å². The number of likely N-dealkylation sites (N-methyl/N-ethyl adjacent to an activating group) is 1. The smallest absolute Gasteiger partial charge is 0.230 e. The van der Waals surface area contributed by atoms with Gasteiger partial charge in [0.25, 0.3) is 0 Å². The predicted molar refractivity (Wildman–Crippen MR) is 113 cm³/mol. The Balaban J connectivity index is 0.00000289. The zero-order chi connectivity index (χ0) is 23.0. The lowest BCUT2D eigenvalue weighted by Crippen LogP contribution is -2.76. The number of benzene rings is 1. The first-order valence-electron chi connectivity index (χ1n) is 9.58. The van der Waals surface area contributed by atoms with Crippen molar-refractivity contribution in [1.29, 1.82) is 0 Å². The van der Waals surface area contributed by atoms with Gasteiger partial charge in [-0.1, -0.05) is 26.1 Å². The summed E-state index contributed by atoms with van der Waals surface area (Å²) < 4.78 is 0. The number of primary amides is 1. The van der Waals surface area contributed by atoms with Gasteiger partial charge >= 0.3 is 0 Å².